The van der Waals surface area contributed by atoms with Gasteiger partial charge in [0.25, 0.3) is 0 Å². The molecule has 0 aliphatic carbocycles. The number of rotatable bonds is 5. The molecule has 0 aliphatic rings. The highest BCUT2D eigenvalue weighted by atomic mass is 35.5. The van der Waals surface area contributed by atoms with Crippen molar-refractivity contribution in [1.29, 1.82) is 0 Å². The van der Waals surface area contributed by atoms with Gasteiger partial charge in [-0.25, -0.2) is 0 Å². The molecule has 0 aliphatic heterocycles. The summed E-state index contributed by atoms with van der Waals surface area (Å²) in [6.45, 7) is 1.42. The predicted molar refractivity (Wildman–Crippen MR) is 75.9 cm³/mol. The standard InChI is InChI=1S/C15H16ClNO/c1-18-11-13-3-2-4-15(9-13)17-10-12-5-7-14(16)8-6-12/h2-9,17H,10-11H2,1H3. The van der Waals surface area contributed by atoms with Gasteiger partial charge in [-0.3, -0.25) is 0 Å². The highest BCUT2D eigenvalue weighted by molar-refractivity contribution is 6.30. The summed E-state index contributed by atoms with van der Waals surface area (Å²) < 4.78 is 5.12. The lowest BCUT2D eigenvalue weighted by molar-refractivity contribution is 0.185. The van der Waals surface area contributed by atoms with Crippen molar-refractivity contribution in [2.24, 2.45) is 0 Å². The second kappa shape index (κ2) is 6.43. The number of ether oxygens (including phenoxy) is 1. The third-order valence-corrected chi connectivity index (χ3v) is 2.90. The van der Waals surface area contributed by atoms with E-state index in [0.29, 0.717) is 6.61 Å². The summed E-state index contributed by atoms with van der Waals surface area (Å²) in [6, 6.07) is 16.1. The van der Waals surface area contributed by atoms with Crippen LogP contribution in [0.15, 0.2) is 48.5 Å². The number of halogens is 1. The molecule has 0 amide bonds. The third kappa shape index (κ3) is 3.76. The lowest BCUT2D eigenvalue weighted by Gasteiger charge is -2.08. The summed E-state index contributed by atoms with van der Waals surface area (Å²) in [5.74, 6) is 0. The van der Waals surface area contributed by atoms with Crippen LogP contribution in [-0.2, 0) is 17.9 Å². The Kier molecular flexibility index (Phi) is 4.62. The summed E-state index contributed by atoms with van der Waals surface area (Å²) in [5, 5.41) is 4.15. The maximum Gasteiger partial charge on any atom is 0.0713 e. The summed E-state index contributed by atoms with van der Waals surface area (Å²) in [5.41, 5.74) is 3.47. The van der Waals surface area contributed by atoms with Crippen LogP contribution < -0.4 is 5.32 Å². The van der Waals surface area contributed by atoms with E-state index in [-0.39, 0.29) is 0 Å². The number of benzene rings is 2. The van der Waals surface area contributed by atoms with Crippen LogP contribution in [0.5, 0.6) is 0 Å². The molecule has 0 saturated carbocycles. The molecular formula is C15H16ClNO. The second-order valence-electron chi connectivity index (χ2n) is 4.11. The van der Waals surface area contributed by atoms with E-state index in [1.807, 2.05) is 30.3 Å². The number of methoxy groups -OCH3 is 1. The second-order valence-corrected chi connectivity index (χ2v) is 4.55. The average molecular weight is 262 g/mol. The fraction of sp³-hybridized carbons (Fsp3) is 0.200. The molecular weight excluding hydrogens is 246 g/mol. The Morgan fingerprint density at radius 3 is 2.56 bits per heavy atom. The van der Waals surface area contributed by atoms with Crippen LogP contribution in [-0.4, -0.2) is 7.11 Å². The van der Waals surface area contributed by atoms with Gasteiger partial charge in [0.15, 0.2) is 0 Å². The van der Waals surface area contributed by atoms with Gasteiger partial charge in [-0.15, -0.1) is 0 Å². The van der Waals surface area contributed by atoms with E-state index in [4.69, 9.17) is 16.3 Å². The maximum absolute atomic E-state index is 5.85. The first-order chi connectivity index (χ1) is 8.78. The minimum Gasteiger partial charge on any atom is -0.381 e. The molecule has 2 nitrogen and oxygen atoms in total. The van der Waals surface area contributed by atoms with Crippen LogP contribution in [0.1, 0.15) is 11.1 Å². The number of hydrogen-bond donors (Lipinski definition) is 1. The molecule has 2 aromatic rings. The van der Waals surface area contributed by atoms with Crippen molar-refractivity contribution < 1.29 is 4.74 Å². The summed E-state index contributed by atoms with van der Waals surface area (Å²) in [7, 11) is 1.70. The van der Waals surface area contributed by atoms with Gasteiger partial charge >= 0.3 is 0 Å². The van der Waals surface area contributed by atoms with Crippen molar-refractivity contribution in [1.82, 2.24) is 0 Å². The zero-order valence-electron chi connectivity index (χ0n) is 10.3. The van der Waals surface area contributed by atoms with E-state index in [1.54, 1.807) is 7.11 Å². The van der Waals surface area contributed by atoms with Crippen molar-refractivity contribution in [2.75, 3.05) is 12.4 Å². The van der Waals surface area contributed by atoms with Crippen molar-refractivity contribution >= 4 is 17.3 Å². The smallest absolute Gasteiger partial charge is 0.0713 e. The van der Waals surface area contributed by atoms with E-state index < -0.39 is 0 Å². The van der Waals surface area contributed by atoms with Crippen LogP contribution in [0.3, 0.4) is 0 Å². The molecule has 94 valence electrons. The molecule has 18 heavy (non-hydrogen) atoms. The predicted octanol–water partition coefficient (Wildman–Crippen LogP) is 4.10. The van der Waals surface area contributed by atoms with E-state index >= 15 is 0 Å². The van der Waals surface area contributed by atoms with Crippen molar-refractivity contribution in [3.8, 4) is 0 Å². The molecule has 0 atom stereocenters. The Hall–Kier alpha value is -1.51. The molecule has 0 bridgehead atoms. The summed E-state index contributed by atoms with van der Waals surface area (Å²) in [6.07, 6.45) is 0. The van der Waals surface area contributed by atoms with Crippen molar-refractivity contribution in [3.05, 3.63) is 64.7 Å². The maximum atomic E-state index is 5.85. The van der Waals surface area contributed by atoms with E-state index in [2.05, 4.69) is 23.5 Å². The minimum absolute atomic E-state index is 0.635. The molecule has 1 N–H and O–H groups in total. The van der Waals surface area contributed by atoms with Gasteiger partial charge < -0.3 is 10.1 Å². The van der Waals surface area contributed by atoms with Crippen molar-refractivity contribution in [3.63, 3.8) is 0 Å². The van der Waals surface area contributed by atoms with Gasteiger partial charge in [-0.05, 0) is 35.4 Å². The Morgan fingerprint density at radius 1 is 1.06 bits per heavy atom. The third-order valence-electron chi connectivity index (χ3n) is 2.65. The first-order valence-corrected chi connectivity index (χ1v) is 6.22. The molecule has 0 saturated heterocycles. The fourth-order valence-corrected chi connectivity index (χ4v) is 1.87. The van der Waals surface area contributed by atoms with Gasteiger partial charge in [-0.1, -0.05) is 35.9 Å². The first kappa shape index (κ1) is 12.9. The Bertz CT molecular complexity index is 496. The normalized spacial score (nSPS) is 10.3. The van der Waals surface area contributed by atoms with Gasteiger partial charge in [0.1, 0.15) is 0 Å². The highest BCUT2D eigenvalue weighted by Gasteiger charge is 1.97. The Morgan fingerprint density at radius 2 is 1.83 bits per heavy atom. The van der Waals surface area contributed by atoms with Crippen LogP contribution >= 0.6 is 11.6 Å². The molecule has 3 heteroatoms. The summed E-state index contributed by atoms with van der Waals surface area (Å²) >= 11 is 5.85. The molecule has 0 radical (unpaired) electrons. The molecule has 0 spiro atoms. The summed E-state index contributed by atoms with van der Waals surface area (Å²) in [4.78, 5) is 0. The monoisotopic (exact) mass is 261 g/mol. The van der Waals surface area contributed by atoms with Gasteiger partial charge in [0, 0.05) is 24.4 Å². The van der Waals surface area contributed by atoms with Gasteiger partial charge in [0.05, 0.1) is 6.61 Å². The van der Waals surface area contributed by atoms with Crippen LogP contribution in [0.2, 0.25) is 5.02 Å². The number of hydrogen-bond acceptors (Lipinski definition) is 2. The molecule has 0 unspecified atom stereocenters. The zero-order valence-corrected chi connectivity index (χ0v) is 11.1. The Labute approximate surface area is 113 Å². The molecule has 0 heterocycles. The van der Waals surface area contributed by atoms with Crippen LogP contribution in [0, 0.1) is 0 Å². The zero-order chi connectivity index (χ0) is 12.8. The fourth-order valence-electron chi connectivity index (χ4n) is 1.74. The topological polar surface area (TPSA) is 21.3 Å². The number of nitrogens with one attached hydrogen (secondary N) is 1. The SMILES string of the molecule is COCc1cccc(NCc2ccc(Cl)cc2)c1. The van der Waals surface area contributed by atoms with Crippen molar-refractivity contribution in [2.45, 2.75) is 13.2 Å². The average Bonchev–Trinajstić information content (AvgIpc) is 2.39. The largest absolute Gasteiger partial charge is 0.381 e. The van der Waals surface area contributed by atoms with Gasteiger partial charge in [-0.2, -0.15) is 0 Å². The van der Waals surface area contributed by atoms with Crippen LogP contribution in [0.4, 0.5) is 5.69 Å². The lowest BCUT2D eigenvalue weighted by atomic mass is 10.2. The molecule has 2 aromatic carbocycles. The Balaban J connectivity index is 1.97. The van der Waals surface area contributed by atoms with Gasteiger partial charge in [0.2, 0.25) is 0 Å². The van der Waals surface area contributed by atoms with E-state index in [0.717, 1.165) is 17.3 Å². The van der Waals surface area contributed by atoms with E-state index in [9.17, 15) is 0 Å². The van der Waals surface area contributed by atoms with Crippen LogP contribution in [0.25, 0.3) is 0 Å². The highest BCUT2D eigenvalue weighted by Crippen LogP contribution is 2.14. The number of anilines is 1. The quantitative estimate of drug-likeness (QED) is 0.875. The lowest BCUT2D eigenvalue weighted by Crippen LogP contribution is -1.99. The molecule has 0 fully saturated rings. The molecule has 2 rings (SSSR count). The van der Waals surface area contributed by atoms with E-state index in [1.165, 1.54) is 11.1 Å². The first-order valence-electron chi connectivity index (χ1n) is 5.84. The minimum atomic E-state index is 0.635. The molecule has 0 aromatic heterocycles.